The SMILES string of the molecule is O=C(O)C1(NCc2nc3ccccn3c2[N+](=O)[O-])CCC1. The topological polar surface area (TPSA) is 110 Å². The van der Waals surface area contributed by atoms with E-state index >= 15 is 0 Å². The highest BCUT2D eigenvalue weighted by atomic mass is 16.6. The minimum atomic E-state index is -0.969. The first-order valence-corrected chi connectivity index (χ1v) is 6.62. The Morgan fingerprint density at radius 2 is 2.29 bits per heavy atom. The van der Waals surface area contributed by atoms with Crippen LogP contribution < -0.4 is 5.32 Å². The molecule has 2 aromatic heterocycles. The molecule has 2 aromatic rings. The van der Waals surface area contributed by atoms with Crippen LogP contribution in [0.3, 0.4) is 0 Å². The number of nitro groups is 1. The lowest BCUT2D eigenvalue weighted by molar-refractivity contribution is -0.391. The fourth-order valence-corrected chi connectivity index (χ4v) is 2.59. The van der Waals surface area contributed by atoms with Gasteiger partial charge in [0.25, 0.3) is 0 Å². The molecule has 0 bridgehead atoms. The second kappa shape index (κ2) is 4.81. The molecule has 0 unspecified atom stereocenters. The van der Waals surface area contributed by atoms with E-state index in [1.165, 1.54) is 4.40 Å². The van der Waals surface area contributed by atoms with Crippen LogP contribution in [-0.2, 0) is 11.3 Å². The fraction of sp³-hybridized carbons (Fsp3) is 0.385. The maximum absolute atomic E-state index is 11.3. The molecule has 2 heterocycles. The van der Waals surface area contributed by atoms with Gasteiger partial charge in [-0.2, -0.15) is 4.40 Å². The predicted molar refractivity (Wildman–Crippen MR) is 72.9 cm³/mol. The Morgan fingerprint density at radius 1 is 1.52 bits per heavy atom. The van der Waals surface area contributed by atoms with E-state index in [1.807, 2.05) is 0 Å². The van der Waals surface area contributed by atoms with Crippen molar-refractivity contribution in [1.29, 1.82) is 0 Å². The van der Waals surface area contributed by atoms with Gasteiger partial charge in [0.15, 0.2) is 5.69 Å². The number of pyridine rings is 1. The Bertz CT molecular complexity index is 720. The van der Waals surface area contributed by atoms with Crippen molar-refractivity contribution >= 4 is 17.4 Å². The Kier molecular flexibility index (Phi) is 3.09. The van der Waals surface area contributed by atoms with Gasteiger partial charge in [0.1, 0.15) is 5.54 Å². The van der Waals surface area contributed by atoms with Gasteiger partial charge >= 0.3 is 11.8 Å². The number of hydrogen-bond acceptors (Lipinski definition) is 5. The Hall–Kier alpha value is -2.48. The summed E-state index contributed by atoms with van der Waals surface area (Å²) < 4.78 is 1.39. The molecular formula is C13H14N4O4. The molecule has 1 fully saturated rings. The number of imidazole rings is 1. The Labute approximate surface area is 119 Å². The van der Waals surface area contributed by atoms with E-state index in [0.29, 0.717) is 18.5 Å². The third-order valence-electron chi connectivity index (χ3n) is 3.96. The second-order valence-corrected chi connectivity index (χ2v) is 5.16. The van der Waals surface area contributed by atoms with Gasteiger partial charge in [-0.05, 0) is 30.3 Å². The first-order valence-electron chi connectivity index (χ1n) is 6.62. The minimum Gasteiger partial charge on any atom is -0.480 e. The molecule has 0 atom stereocenters. The molecule has 1 aliphatic rings. The van der Waals surface area contributed by atoms with Crippen LogP contribution in [0.1, 0.15) is 25.0 Å². The van der Waals surface area contributed by atoms with Crippen LogP contribution in [0.15, 0.2) is 24.4 Å². The molecule has 8 nitrogen and oxygen atoms in total. The lowest BCUT2D eigenvalue weighted by atomic mass is 9.77. The van der Waals surface area contributed by atoms with Crippen molar-refractivity contribution in [1.82, 2.24) is 14.7 Å². The van der Waals surface area contributed by atoms with Crippen molar-refractivity contribution in [2.24, 2.45) is 0 Å². The number of rotatable bonds is 5. The van der Waals surface area contributed by atoms with Gasteiger partial charge in [-0.15, -0.1) is 0 Å². The van der Waals surface area contributed by atoms with Crippen LogP contribution in [0.5, 0.6) is 0 Å². The van der Waals surface area contributed by atoms with Gasteiger partial charge in [-0.1, -0.05) is 6.07 Å². The minimum absolute atomic E-state index is 0.0598. The van der Waals surface area contributed by atoms with Crippen LogP contribution in [-0.4, -0.2) is 30.9 Å². The number of nitrogens with zero attached hydrogens (tertiary/aromatic N) is 3. The van der Waals surface area contributed by atoms with E-state index in [0.717, 1.165) is 6.42 Å². The van der Waals surface area contributed by atoms with E-state index in [2.05, 4.69) is 10.3 Å². The molecule has 0 spiro atoms. The Balaban J connectivity index is 1.92. The molecule has 8 heteroatoms. The zero-order chi connectivity index (χ0) is 15.0. The highest BCUT2D eigenvalue weighted by Gasteiger charge is 2.44. The summed E-state index contributed by atoms with van der Waals surface area (Å²) in [5.41, 5.74) is -0.248. The lowest BCUT2D eigenvalue weighted by Gasteiger charge is -2.38. The van der Waals surface area contributed by atoms with Crippen LogP contribution >= 0.6 is 0 Å². The van der Waals surface area contributed by atoms with Gasteiger partial charge in [-0.25, -0.2) is 4.98 Å². The summed E-state index contributed by atoms with van der Waals surface area (Å²) in [5.74, 6) is -1.04. The summed E-state index contributed by atoms with van der Waals surface area (Å²) in [6.07, 6.45) is 3.47. The van der Waals surface area contributed by atoms with Gasteiger partial charge in [0.2, 0.25) is 5.65 Å². The highest BCUT2D eigenvalue weighted by molar-refractivity contribution is 5.80. The van der Waals surface area contributed by atoms with E-state index in [-0.39, 0.29) is 18.1 Å². The lowest BCUT2D eigenvalue weighted by Crippen LogP contribution is -2.56. The smallest absolute Gasteiger partial charge is 0.352 e. The van der Waals surface area contributed by atoms with Crippen LogP contribution in [0.4, 0.5) is 5.82 Å². The average Bonchev–Trinajstić information content (AvgIpc) is 2.75. The number of carbonyl (C=O) groups is 1. The molecule has 0 aromatic carbocycles. The average molecular weight is 290 g/mol. The number of carboxylic acids is 1. The molecule has 21 heavy (non-hydrogen) atoms. The normalized spacial score (nSPS) is 16.6. The maximum Gasteiger partial charge on any atom is 0.352 e. The largest absolute Gasteiger partial charge is 0.480 e. The van der Waals surface area contributed by atoms with E-state index in [1.54, 1.807) is 24.4 Å². The maximum atomic E-state index is 11.3. The standard InChI is InChI=1S/C13H14N4O4/c18-12(19)13(5-3-6-13)14-8-9-11(17(20)21)16-7-2-1-4-10(16)15-9/h1-2,4,7,14H,3,5-6,8H2,(H,18,19). The number of hydrogen-bond donors (Lipinski definition) is 2. The first-order chi connectivity index (χ1) is 10.0. The van der Waals surface area contributed by atoms with Crippen molar-refractivity contribution in [3.63, 3.8) is 0 Å². The molecule has 110 valence electrons. The number of aromatic nitrogens is 2. The number of aliphatic carboxylic acids is 1. The molecule has 0 amide bonds. The molecule has 0 saturated heterocycles. The number of nitrogens with one attached hydrogen (secondary N) is 1. The molecule has 0 radical (unpaired) electrons. The van der Waals surface area contributed by atoms with Gasteiger partial charge < -0.3 is 15.2 Å². The van der Waals surface area contributed by atoms with Crippen molar-refractivity contribution in [2.75, 3.05) is 0 Å². The molecule has 3 rings (SSSR count). The number of fused-ring (bicyclic) bond motifs is 1. The molecular weight excluding hydrogens is 276 g/mol. The van der Waals surface area contributed by atoms with Gasteiger partial charge in [0.05, 0.1) is 6.20 Å². The molecule has 0 aliphatic heterocycles. The third-order valence-corrected chi connectivity index (χ3v) is 3.96. The molecule has 1 aliphatic carbocycles. The summed E-state index contributed by atoms with van der Waals surface area (Å²) in [6.45, 7) is 0.0598. The molecule has 1 saturated carbocycles. The van der Waals surface area contributed by atoms with Crippen molar-refractivity contribution in [3.05, 3.63) is 40.2 Å². The van der Waals surface area contributed by atoms with Crippen molar-refractivity contribution in [2.45, 2.75) is 31.3 Å². The van der Waals surface area contributed by atoms with Gasteiger partial charge in [-0.3, -0.25) is 10.1 Å². The zero-order valence-electron chi connectivity index (χ0n) is 11.2. The molecule has 2 N–H and O–H groups in total. The first kappa shape index (κ1) is 13.5. The monoisotopic (exact) mass is 290 g/mol. The van der Waals surface area contributed by atoms with E-state index < -0.39 is 16.4 Å². The Morgan fingerprint density at radius 3 is 2.86 bits per heavy atom. The zero-order valence-corrected chi connectivity index (χ0v) is 11.2. The predicted octanol–water partition coefficient (Wildman–Crippen LogP) is 1.34. The van der Waals surface area contributed by atoms with Crippen LogP contribution in [0.25, 0.3) is 5.65 Å². The van der Waals surface area contributed by atoms with Crippen molar-refractivity contribution in [3.8, 4) is 0 Å². The van der Waals surface area contributed by atoms with Crippen molar-refractivity contribution < 1.29 is 14.8 Å². The van der Waals surface area contributed by atoms with E-state index in [4.69, 9.17) is 0 Å². The van der Waals surface area contributed by atoms with Crippen LogP contribution in [0.2, 0.25) is 0 Å². The summed E-state index contributed by atoms with van der Waals surface area (Å²) in [6, 6.07) is 5.10. The second-order valence-electron chi connectivity index (χ2n) is 5.16. The van der Waals surface area contributed by atoms with Crippen LogP contribution in [0, 0.1) is 10.1 Å². The van der Waals surface area contributed by atoms with Gasteiger partial charge in [0, 0.05) is 12.6 Å². The number of carboxylic acid groups (broad SMARTS) is 1. The van der Waals surface area contributed by atoms with E-state index in [9.17, 15) is 20.0 Å². The summed E-state index contributed by atoms with van der Waals surface area (Å²) >= 11 is 0. The fourth-order valence-electron chi connectivity index (χ4n) is 2.59. The third kappa shape index (κ3) is 2.13. The quantitative estimate of drug-likeness (QED) is 0.635. The summed E-state index contributed by atoms with van der Waals surface area (Å²) in [4.78, 5) is 26.3. The summed E-state index contributed by atoms with van der Waals surface area (Å²) in [5, 5.41) is 23.4. The summed E-state index contributed by atoms with van der Waals surface area (Å²) in [7, 11) is 0. The highest BCUT2D eigenvalue weighted by Crippen LogP contribution is 2.33.